The molecule has 3 heterocycles. The van der Waals surface area contributed by atoms with Crippen molar-refractivity contribution in [1.82, 2.24) is 14.9 Å². The number of nitrogens with zero attached hydrogens (tertiary/aromatic N) is 5. The van der Waals surface area contributed by atoms with E-state index in [4.69, 9.17) is 25.8 Å². The van der Waals surface area contributed by atoms with Crippen LogP contribution < -0.4 is 14.5 Å². The number of rotatable bonds is 3. The first kappa shape index (κ1) is 26.1. The summed E-state index contributed by atoms with van der Waals surface area (Å²) in [6, 6.07) is -0.320. The van der Waals surface area contributed by atoms with Crippen LogP contribution >= 0.6 is 11.6 Å². The molecule has 190 valence electrons. The van der Waals surface area contributed by atoms with Crippen molar-refractivity contribution in [3.05, 3.63) is 5.28 Å². The van der Waals surface area contributed by atoms with Crippen LogP contribution in [0.15, 0.2) is 0 Å². The SMILES string of the molecule is CC[C@@H]1COc2c(N3CC[C@@H](N(C)C(=O)OC(C)(C)C)C3)nc(Cl)nc2N1C(=O)OC(C)(C)C. The molecule has 2 aliphatic rings. The molecule has 10 nitrogen and oxygen atoms in total. The minimum atomic E-state index is -0.665. The smallest absolute Gasteiger partial charge is 0.416 e. The van der Waals surface area contributed by atoms with E-state index in [9.17, 15) is 9.59 Å². The quantitative estimate of drug-likeness (QED) is 0.563. The molecular formula is C23H36ClN5O5. The van der Waals surface area contributed by atoms with Crippen LogP contribution in [-0.4, -0.2) is 77.1 Å². The van der Waals surface area contributed by atoms with Gasteiger partial charge in [0.25, 0.3) is 0 Å². The standard InChI is InChI=1S/C23H36ClN5O5/c1-9-14-13-32-16-17(25-19(24)26-18(16)29(14)21(31)34-23(5,6)7)28-11-10-15(12-28)27(8)20(30)33-22(2,3)4/h14-15H,9-13H2,1-8H3/t14-,15-/m1/s1. The first-order valence-corrected chi connectivity index (χ1v) is 12.0. The predicted molar refractivity (Wildman–Crippen MR) is 130 cm³/mol. The minimum Gasteiger partial charge on any atom is -0.484 e. The zero-order valence-corrected chi connectivity index (χ0v) is 22.1. The van der Waals surface area contributed by atoms with Crippen LogP contribution in [-0.2, 0) is 9.47 Å². The molecule has 2 aliphatic heterocycles. The van der Waals surface area contributed by atoms with Gasteiger partial charge in [0.2, 0.25) is 11.0 Å². The van der Waals surface area contributed by atoms with Gasteiger partial charge in [-0.05, 0) is 66.0 Å². The van der Waals surface area contributed by atoms with Gasteiger partial charge in [-0.2, -0.15) is 9.97 Å². The Morgan fingerprint density at radius 1 is 1.12 bits per heavy atom. The van der Waals surface area contributed by atoms with Crippen LogP contribution in [0.2, 0.25) is 5.28 Å². The van der Waals surface area contributed by atoms with Crippen molar-refractivity contribution in [3.8, 4) is 5.75 Å². The highest BCUT2D eigenvalue weighted by Crippen LogP contribution is 2.42. The summed E-state index contributed by atoms with van der Waals surface area (Å²) in [4.78, 5) is 39.5. The third-order valence-electron chi connectivity index (χ3n) is 5.57. The largest absolute Gasteiger partial charge is 0.484 e. The highest BCUT2D eigenvalue weighted by molar-refractivity contribution is 6.28. The average Bonchev–Trinajstić information content (AvgIpc) is 3.18. The van der Waals surface area contributed by atoms with Crippen LogP contribution in [0.1, 0.15) is 61.3 Å². The number of hydrogen-bond acceptors (Lipinski definition) is 8. The Hall–Kier alpha value is -2.49. The Morgan fingerprint density at radius 2 is 1.74 bits per heavy atom. The summed E-state index contributed by atoms with van der Waals surface area (Å²) in [7, 11) is 1.73. The molecule has 1 fully saturated rings. The van der Waals surface area contributed by atoms with E-state index in [0.717, 1.165) is 6.42 Å². The van der Waals surface area contributed by atoms with Crippen molar-refractivity contribution >= 4 is 35.4 Å². The fourth-order valence-electron chi connectivity index (χ4n) is 3.92. The first-order valence-electron chi connectivity index (χ1n) is 11.6. The van der Waals surface area contributed by atoms with Crippen LogP contribution in [0.4, 0.5) is 21.2 Å². The molecule has 2 atom stereocenters. The number of carbonyl (C=O) groups is 2. The van der Waals surface area contributed by atoms with Gasteiger partial charge in [0.05, 0.1) is 12.1 Å². The molecule has 11 heteroatoms. The Morgan fingerprint density at radius 3 is 2.32 bits per heavy atom. The van der Waals surface area contributed by atoms with Crippen molar-refractivity contribution in [3.63, 3.8) is 0 Å². The maximum absolute atomic E-state index is 13.1. The van der Waals surface area contributed by atoms with Crippen molar-refractivity contribution in [2.45, 2.75) is 84.6 Å². The van der Waals surface area contributed by atoms with E-state index in [0.29, 0.717) is 36.9 Å². The summed E-state index contributed by atoms with van der Waals surface area (Å²) in [5, 5.41) is 0.00612. The van der Waals surface area contributed by atoms with Crippen LogP contribution in [0, 0.1) is 0 Å². The molecule has 34 heavy (non-hydrogen) atoms. The van der Waals surface area contributed by atoms with Gasteiger partial charge < -0.3 is 24.0 Å². The van der Waals surface area contributed by atoms with E-state index < -0.39 is 17.3 Å². The third kappa shape index (κ3) is 5.95. The normalized spacial score (nSPS) is 20.5. The number of fused-ring (bicyclic) bond motifs is 1. The Bertz CT molecular complexity index is 930. The van der Waals surface area contributed by atoms with Gasteiger partial charge >= 0.3 is 12.2 Å². The minimum absolute atomic E-state index is 0.00612. The van der Waals surface area contributed by atoms with E-state index in [1.165, 1.54) is 4.90 Å². The molecular weight excluding hydrogens is 462 g/mol. The van der Waals surface area contributed by atoms with Gasteiger partial charge in [0, 0.05) is 20.1 Å². The summed E-state index contributed by atoms with van der Waals surface area (Å²) in [6.45, 7) is 14.4. The number of likely N-dealkylation sites (N-methyl/N-ethyl adjacent to an activating group) is 1. The van der Waals surface area contributed by atoms with Gasteiger partial charge in [0.1, 0.15) is 17.8 Å². The van der Waals surface area contributed by atoms with Crippen molar-refractivity contribution in [2.24, 2.45) is 0 Å². The zero-order chi connectivity index (χ0) is 25.4. The number of carbonyl (C=O) groups excluding carboxylic acids is 2. The summed E-state index contributed by atoms with van der Waals surface area (Å²) < 4.78 is 17.2. The molecule has 0 aliphatic carbocycles. The molecule has 0 aromatic carbocycles. The van der Waals surface area contributed by atoms with Gasteiger partial charge in [-0.3, -0.25) is 4.90 Å². The van der Waals surface area contributed by atoms with Crippen LogP contribution in [0.25, 0.3) is 0 Å². The number of hydrogen-bond donors (Lipinski definition) is 0. The van der Waals surface area contributed by atoms with Gasteiger partial charge in [-0.1, -0.05) is 6.92 Å². The second kappa shape index (κ2) is 9.64. The fraction of sp³-hybridized carbons (Fsp3) is 0.739. The van der Waals surface area contributed by atoms with Crippen LogP contribution in [0.3, 0.4) is 0 Å². The molecule has 1 aromatic heterocycles. The lowest BCUT2D eigenvalue weighted by molar-refractivity contribution is 0.0237. The summed E-state index contributed by atoms with van der Waals surface area (Å²) in [5.41, 5.74) is -1.24. The van der Waals surface area contributed by atoms with Crippen molar-refractivity contribution in [1.29, 1.82) is 0 Å². The molecule has 2 amide bonds. The third-order valence-corrected chi connectivity index (χ3v) is 5.74. The number of amides is 2. The van der Waals surface area contributed by atoms with Gasteiger partial charge in [0.15, 0.2) is 11.6 Å². The molecule has 0 bridgehead atoms. The number of halogens is 1. The van der Waals surface area contributed by atoms with Crippen molar-refractivity contribution in [2.75, 3.05) is 36.5 Å². The number of anilines is 2. The van der Waals surface area contributed by atoms with E-state index in [2.05, 4.69) is 9.97 Å². The second-order valence-electron chi connectivity index (χ2n) is 10.7. The lowest BCUT2D eigenvalue weighted by atomic mass is 10.1. The van der Waals surface area contributed by atoms with E-state index >= 15 is 0 Å². The molecule has 1 aromatic rings. The monoisotopic (exact) mass is 497 g/mol. The summed E-state index contributed by atoms with van der Waals surface area (Å²) in [6.07, 6.45) is 0.496. The van der Waals surface area contributed by atoms with Gasteiger partial charge in [-0.25, -0.2) is 9.59 Å². The Kier molecular flexibility index (Phi) is 7.40. The lowest BCUT2D eigenvalue weighted by Crippen LogP contribution is -2.49. The predicted octanol–water partition coefficient (Wildman–Crippen LogP) is 4.49. The molecule has 0 unspecified atom stereocenters. The summed E-state index contributed by atoms with van der Waals surface area (Å²) >= 11 is 6.31. The summed E-state index contributed by atoms with van der Waals surface area (Å²) in [5.74, 6) is 1.19. The molecule has 3 rings (SSSR count). The van der Waals surface area contributed by atoms with Crippen LogP contribution in [0.5, 0.6) is 5.75 Å². The lowest BCUT2D eigenvalue weighted by Gasteiger charge is -2.37. The van der Waals surface area contributed by atoms with Crippen molar-refractivity contribution < 1.29 is 23.8 Å². The number of aromatic nitrogens is 2. The van der Waals surface area contributed by atoms with E-state index in [1.54, 1.807) is 11.9 Å². The maximum Gasteiger partial charge on any atom is 0.416 e. The number of ether oxygens (including phenoxy) is 3. The second-order valence-corrected chi connectivity index (χ2v) is 11.0. The van der Waals surface area contributed by atoms with Gasteiger partial charge in [-0.15, -0.1) is 0 Å². The highest BCUT2D eigenvalue weighted by atomic mass is 35.5. The maximum atomic E-state index is 13.1. The Balaban J connectivity index is 1.88. The molecule has 1 saturated heterocycles. The fourth-order valence-corrected chi connectivity index (χ4v) is 4.08. The molecule has 0 saturated carbocycles. The average molecular weight is 498 g/mol. The van der Waals surface area contributed by atoms with E-state index in [1.807, 2.05) is 53.4 Å². The Labute approximate surface area is 206 Å². The van der Waals surface area contributed by atoms with E-state index in [-0.39, 0.29) is 30.1 Å². The molecule has 0 N–H and O–H groups in total. The zero-order valence-electron chi connectivity index (χ0n) is 21.3. The first-order chi connectivity index (χ1) is 15.7. The molecule has 0 spiro atoms. The molecule has 0 radical (unpaired) electrons. The topological polar surface area (TPSA) is 97.3 Å². The highest BCUT2D eigenvalue weighted by Gasteiger charge is 2.40.